The summed E-state index contributed by atoms with van der Waals surface area (Å²) in [7, 11) is 0. The van der Waals surface area contributed by atoms with Gasteiger partial charge in [-0.15, -0.1) is 0 Å². The molecule has 2 N–H and O–H groups in total. The summed E-state index contributed by atoms with van der Waals surface area (Å²) >= 11 is 0. The zero-order valence-electron chi connectivity index (χ0n) is 9.82. The molecule has 6 nitrogen and oxygen atoms in total. The Hall–Kier alpha value is -0.710. The third kappa shape index (κ3) is 2.59. The number of nitriles is 1. The van der Waals surface area contributed by atoms with Crippen LogP contribution >= 0.6 is 0 Å². The number of aliphatic hydroxyl groups is 2. The number of aliphatic hydroxyl groups excluding tert-OH is 2. The molecule has 2 rings (SSSR count). The fraction of sp³-hybridized carbons (Fsp3) is 0.909. The Morgan fingerprint density at radius 3 is 2.88 bits per heavy atom. The van der Waals surface area contributed by atoms with Gasteiger partial charge in [-0.2, -0.15) is 5.26 Å². The fourth-order valence-electron chi connectivity index (χ4n) is 2.50. The minimum absolute atomic E-state index is 0.248. The molecule has 2 saturated heterocycles. The summed E-state index contributed by atoms with van der Waals surface area (Å²) < 4.78 is 10.4. The maximum absolute atomic E-state index is 10.1. The highest BCUT2D eigenvalue weighted by atomic mass is 16.6. The lowest BCUT2D eigenvalue weighted by Crippen LogP contribution is -2.60. The van der Waals surface area contributed by atoms with Crippen LogP contribution in [0.25, 0.3) is 0 Å². The zero-order chi connectivity index (χ0) is 12.4. The first-order chi connectivity index (χ1) is 8.13. The van der Waals surface area contributed by atoms with Gasteiger partial charge in [-0.05, 0) is 6.92 Å². The number of rotatable bonds is 1. The van der Waals surface area contributed by atoms with Crippen molar-refractivity contribution >= 4 is 0 Å². The molecule has 2 aliphatic rings. The molecule has 0 amide bonds. The smallest absolute Gasteiger partial charge is 0.156 e. The van der Waals surface area contributed by atoms with Gasteiger partial charge in [-0.25, -0.2) is 0 Å². The summed E-state index contributed by atoms with van der Waals surface area (Å²) in [4.78, 5) is 1.91. The Balaban J connectivity index is 2.10. The molecular weight excluding hydrogens is 224 g/mol. The quantitative estimate of drug-likeness (QED) is 0.617. The third-order valence-corrected chi connectivity index (χ3v) is 3.43. The molecule has 2 aliphatic heterocycles. The molecular formula is C11H18N2O4. The van der Waals surface area contributed by atoms with Crippen molar-refractivity contribution in [2.75, 3.05) is 19.8 Å². The largest absolute Gasteiger partial charge is 0.389 e. The second-order valence-corrected chi connectivity index (χ2v) is 4.55. The Labute approximate surface area is 100 Å². The highest BCUT2D eigenvalue weighted by Gasteiger charge is 2.41. The summed E-state index contributed by atoms with van der Waals surface area (Å²) in [6.45, 7) is 3.22. The highest BCUT2D eigenvalue weighted by molar-refractivity contribution is 4.99. The van der Waals surface area contributed by atoms with Crippen molar-refractivity contribution in [3.8, 4) is 6.07 Å². The van der Waals surface area contributed by atoms with E-state index in [1.54, 1.807) is 6.92 Å². The number of ether oxygens (including phenoxy) is 2. The van der Waals surface area contributed by atoms with E-state index in [2.05, 4.69) is 6.07 Å². The van der Waals surface area contributed by atoms with Gasteiger partial charge in [0.05, 0.1) is 31.5 Å². The van der Waals surface area contributed by atoms with Gasteiger partial charge >= 0.3 is 0 Å². The van der Waals surface area contributed by atoms with E-state index in [9.17, 15) is 10.2 Å². The van der Waals surface area contributed by atoms with Gasteiger partial charge in [-0.1, -0.05) is 0 Å². The molecule has 1 unspecified atom stereocenters. The number of nitrogens with zero attached hydrogens (tertiary/aromatic N) is 2. The van der Waals surface area contributed by atoms with Gasteiger partial charge in [0.15, 0.2) is 6.29 Å². The van der Waals surface area contributed by atoms with Crippen molar-refractivity contribution in [1.82, 2.24) is 4.90 Å². The van der Waals surface area contributed by atoms with Crippen LogP contribution in [0.4, 0.5) is 0 Å². The number of morpholine rings is 1. The number of hydrogen-bond donors (Lipinski definition) is 2. The molecule has 17 heavy (non-hydrogen) atoms. The highest BCUT2D eigenvalue weighted by Crippen LogP contribution is 2.25. The second kappa shape index (κ2) is 5.29. The molecule has 2 heterocycles. The van der Waals surface area contributed by atoms with Crippen LogP contribution in [0, 0.1) is 11.3 Å². The SMILES string of the molecule is C[C@@H]1O[C@@H](O)C[C@H](N2CCOCC2C#N)[C@@H]1O. The van der Waals surface area contributed by atoms with Crippen molar-refractivity contribution < 1.29 is 19.7 Å². The average molecular weight is 242 g/mol. The molecule has 0 aromatic heterocycles. The second-order valence-electron chi connectivity index (χ2n) is 4.55. The maximum atomic E-state index is 10.1. The summed E-state index contributed by atoms with van der Waals surface area (Å²) in [6.07, 6.45) is -1.66. The Kier molecular flexibility index (Phi) is 3.97. The monoisotopic (exact) mass is 242 g/mol. The molecule has 0 radical (unpaired) electrons. The van der Waals surface area contributed by atoms with E-state index < -0.39 is 18.5 Å². The molecule has 0 aromatic carbocycles. The molecule has 0 aliphatic carbocycles. The van der Waals surface area contributed by atoms with Crippen LogP contribution in [0.15, 0.2) is 0 Å². The van der Waals surface area contributed by atoms with Crippen molar-refractivity contribution in [3.63, 3.8) is 0 Å². The van der Waals surface area contributed by atoms with Gasteiger partial charge < -0.3 is 19.7 Å². The summed E-state index contributed by atoms with van der Waals surface area (Å²) in [5, 5.41) is 28.7. The van der Waals surface area contributed by atoms with Crippen LogP contribution in [-0.4, -0.2) is 65.5 Å². The lowest BCUT2D eigenvalue weighted by molar-refractivity contribution is -0.222. The average Bonchev–Trinajstić information content (AvgIpc) is 2.33. The van der Waals surface area contributed by atoms with E-state index in [4.69, 9.17) is 14.7 Å². The van der Waals surface area contributed by atoms with Gasteiger partial charge in [0, 0.05) is 19.0 Å². The molecule has 0 bridgehead atoms. The first-order valence-electron chi connectivity index (χ1n) is 5.88. The first-order valence-corrected chi connectivity index (χ1v) is 5.88. The Morgan fingerprint density at radius 1 is 1.41 bits per heavy atom. The standard InChI is InChI=1S/C11H18N2O4/c1-7-11(15)9(4-10(14)17-7)13-2-3-16-6-8(13)5-12/h7-11,14-15H,2-4,6H2,1H3/t7-,8?,9-,10+,11+/m0/s1. The minimum atomic E-state index is -0.874. The minimum Gasteiger partial charge on any atom is -0.389 e. The molecule has 0 spiro atoms. The topological polar surface area (TPSA) is 86.0 Å². The lowest BCUT2D eigenvalue weighted by Gasteiger charge is -2.45. The lowest BCUT2D eigenvalue weighted by atomic mass is 9.96. The predicted octanol–water partition coefficient (Wildman–Crippen LogP) is -0.933. The fourth-order valence-corrected chi connectivity index (χ4v) is 2.50. The van der Waals surface area contributed by atoms with Crippen LogP contribution < -0.4 is 0 Å². The normalized spacial score (nSPS) is 44.2. The Morgan fingerprint density at radius 2 is 2.18 bits per heavy atom. The van der Waals surface area contributed by atoms with Gasteiger partial charge in [0.2, 0.25) is 0 Å². The van der Waals surface area contributed by atoms with Crippen molar-refractivity contribution in [1.29, 1.82) is 5.26 Å². The zero-order valence-corrected chi connectivity index (χ0v) is 9.82. The van der Waals surface area contributed by atoms with E-state index in [1.165, 1.54) is 0 Å². The van der Waals surface area contributed by atoms with Crippen molar-refractivity contribution in [2.45, 2.75) is 43.9 Å². The molecule has 2 fully saturated rings. The maximum Gasteiger partial charge on any atom is 0.156 e. The van der Waals surface area contributed by atoms with E-state index in [0.717, 1.165) is 0 Å². The summed E-state index contributed by atoms with van der Waals surface area (Å²) in [5.41, 5.74) is 0. The van der Waals surface area contributed by atoms with E-state index >= 15 is 0 Å². The van der Waals surface area contributed by atoms with Crippen LogP contribution in [-0.2, 0) is 9.47 Å². The number of hydrogen-bond acceptors (Lipinski definition) is 6. The van der Waals surface area contributed by atoms with Crippen LogP contribution in [0.3, 0.4) is 0 Å². The van der Waals surface area contributed by atoms with E-state index in [-0.39, 0.29) is 12.1 Å². The predicted molar refractivity (Wildman–Crippen MR) is 57.9 cm³/mol. The van der Waals surface area contributed by atoms with E-state index in [1.807, 2.05) is 4.90 Å². The van der Waals surface area contributed by atoms with Gasteiger partial charge in [0.1, 0.15) is 6.04 Å². The third-order valence-electron chi connectivity index (χ3n) is 3.43. The molecule has 96 valence electrons. The van der Waals surface area contributed by atoms with Crippen molar-refractivity contribution in [2.24, 2.45) is 0 Å². The van der Waals surface area contributed by atoms with Crippen LogP contribution in [0.1, 0.15) is 13.3 Å². The molecule has 5 atom stereocenters. The molecule has 6 heteroatoms. The molecule has 0 aromatic rings. The van der Waals surface area contributed by atoms with Crippen LogP contribution in [0.5, 0.6) is 0 Å². The van der Waals surface area contributed by atoms with E-state index in [0.29, 0.717) is 26.2 Å². The van der Waals surface area contributed by atoms with Gasteiger partial charge in [0.25, 0.3) is 0 Å². The summed E-state index contributed by atoms with van der Waals surface area (Å²) in [5.74, 6) is 0. The van der Waals surface area contributed by atoms with Crippen molar-refractivity contribution in [3.05, 3.63) is 0 Å². The Bertz CT molecular complexity index is 306. The van der Waals surface area contributed by atoms with Crippen LogP contribution in [0.2, 0.25) is 0 Å². The first kappa shape index (κ1) is 12.7. The van der Waals surface area contributed by atoms with Gasteiger partial charge in [-0.3, -0.25) is 4.90 Å². The summed E-state index contributed by atoms with van der Waals surface area (Å²) in [6, 6.07) is 1.56. The molecule has 0 saturated carbocycles.